The third-order valence-electron chi connectivity index (χ3n) is 3.08. The minimum Gasteiger partial charge on any atom is -0.352 e. The molecule has 0 saturated heterocycles. The smallest absolute Gasteiger partial charge is 0.220 e. The van der Waals surface area contributed by atoms with Gasteiger partial charge in [-0.3, -0.25) is 4.79 Å². The lowest BCUT2D eigenvalue weighted by molar-refractivity contribution is -0.122. The van der Waals surface area contributed by atoms with Crippen LogP contribution < -0.4 is 5.32 Å². The number of carbonyl (C=O) groups excluding carboxylic acids is 1. The van der Waals surface area contributed by atoms with Crippen LogP contribution in [0.3, 0.4) is 0 Å². The summed E-state index contributed by atoms with van der Waals surface area (Å²) in [5, 5.41) is 2.97. The summed E-state index contributed by atoms with van der Waals surface area (Å²) < 4.78 is 1.05. The van der Waals surface area contributed by atoms with Crippen molar-refractivity contribution in [2.45, 2.75) is 32.2 Å². The highest BCUT2D eigenvalue weighted by atomic mass is 79.9. The molecule has 0 atom stereocenters. The van der Waals surface area contributed by atoms with Gasteiger partial charge in [-0.25, -0.2) is 0 Å². The van der Waals surface area contributed by atoms with Gasteiger partial charge in [-0.2, -0.15) is 0 Å². The molecule has 1 aliphatic carbocycles. The Balaban J connectivity index is 1.75. The Morgan fingerprint density at radius 1 is 1.44 bits per heavy atom. The molecule has 1 amide bonds. The molecule has 1 aromatic rings. The highest BCUT2D eigenvalue weighted by Crippen LogP contribution is 2.29. The molecule has 3 heteroatoms. The third-order valence-corrected chi connectivity index (χ3v) is 3.57. The lowest BCUT2D eigenvalue weighted by atomic mass is 9.83. The molecule has 1 fully saturated rings. The van der Waals surface area contributed by atoms with Crippen molar-refractivity contribution in [3.8, 4) is 0 Å². The second-order valence-corrected chi connectivity index (χ2v) is 5.32. The van der Waals surface area contributed by atoms with Crippen LogP contribution in [0, 0.1) is 5.92 Å². The van der Waals surface area contributed by atoms with E-state index in [1.165, 1.54) is 19.3 Å². The second kappa shape index (κ2) is 5.48. The number of nitrogens with one attached hydrogen (secondary N) is 1. The molecule has 1 aliphatic rings. The zero-order chi connectivity index (χ0) is 11.4. The number of carbonyl (C=O) groups is 1. The van der Waals surface area contributed by atoms with Crippen LogP contribution in [0.25, 0.3) is 0 Å². The maximum atomic E-state index is 11.6. The van der Waals surface area contributed by atoms with Crippen molar-refractivity contribution >= 4 is 21.8 Å². The van der Waals surface area contributed by atoms with Gasteiger partial charge in [0.15, 0.2) is 0 Å². The lowest BCUT2D eigenvalue weighted by Crippen LogP contribution is -2.27. The summed E-state index contributed by atoms with van der Waals surface area (Å²) >= 11 is 3.42. The summed E-state index contributed by atoms with van der Waals surface area (Å²) in [5.74, 6) is 0.826. The van der Waals surface area contributed by atoms with E-state index < -0.39 is 0 Å². The largest absolute Gasteiger partial charge is 0.352 e. The standard InChI is InChI=1S/C13H16BrNO/c14-12-6-2-5-11(7-12)9-15-13(16)8-10-3-1-4-10/h2,5-7,10H,1,3-4,8-9H2,(H,15,16). The fourth-order valence-electron chi connectivity index (χ4n) is 1.88. The fraction of sp³-hybridized carbons (Fsp3) is 0.462. The molecule has 0 aliphatic heterocycles. The van der Waals surface area contributed by atoms with Gasteiger partial charge in [-0.05, 0) is 36.5 Å². The van der Waals surface area contributed by atoms with Gasteiger partial charge in [0.05, 0.1) is 0 Å². The van der Waals surface area contributed by atoms with Crippen LogP contribution in [0.5, 0.6) is 0 Å². The Morgan fingerprint density at radius 2 is 2.25 bits per heavy atom. The molecule has 0 bridgehead atoms. The SMILES string of the molecule is O=C(CC1CCC1)NCc1cccc(Br)c1. The topological polar surface area (TPSA) is 29.1 Å². The van der Waals surface area contributed by atoms with Crippen molar-refractivity contribution in [2.24, 2.45) is 5.92 Å². The van der Waals surface area contributed by atoms with Crippen molar-refractivity contribution in [3.63, 3.8) is 0 Å². The van der Waals surface area contributed by atoms with Gasteiger partial charge in [-0.1, -0.05) is 34.5 Å². The molecule has 16 heavy (non-hydrogen) atoms. The molecule has 86 valence electrons. The molecule has 0 heterocycles. The Kier molecular flexibility index (Phi) is 3.99. The van der Waals surface area contributed by atoms with Gasteiger partial charge < -0.3 is 5.32 Å². The zero-order valence-electron chi connectivity index (χ0n) is 9.21. The zero-order valence-corrected chi connectivity index (χ0v) is 10.8. The molecule has 1 saturated carbocycles. The van der Waals surface area contributed by atoms with Crippen LogP contribution in [-0.4, -0.2) is 5.91 Å². The van der Waals surface area contributed by atoms with Gasteiger partial charge in [0.2, 0.25) is 5.91 Å². The van der Waals surface area contributed by atoms with Gasteiger partial charge in [-0.15, -0.1) is 0 Å². The average molecular weight is 282 g/mol. The van der Waals surface area contributed by atoms with Crippen LogP contribution >= 0.6 is 15.9 Å². The molecule has 0 spiro atoms. The first kappa shape index (κ1) is 11.6. The van der Waals surface area contributed by atoms with E-state index >= 15 is 0 Å². The first-order valence-corrected chi connectivity index (χ1v) is 6.54. The number of benzene rings is 1. The summed E-state index contributed by atoms with van der Waals surface area (Å²) in [4.78, 5) is 11.6. The van der Waals surface area contributed by atoms with Crippen LogP contribution in [-0.2, 0) is 11.3 Å². The Bertz CT molecular complexity index is 374. The number of halogens is 1. The van der Waals surface area contributed by atoms with Crippen molar-refractivity contribution in [1.29, 1.82) is 0 Å². The Morgan fingerprint density at radius 3 is 2.88 bits per heavy atom. The van der Waals surface area contributed by atoms with Crippen molar-refractivity contribution < 1.29 is 4.79 Å². The van der Waals surface area contributed by atoms with Crippen molar-refractivity contribution in [3.05, 3.63) is 34.3 Å². The van der Waals surface area contributed by atoms with Crippen molar-refractivity contribution in [2.75, 3.05) is 0 Å². The first-order chi connectivity index (χ1) is 7.74. The number of rotatable bonds is 4. The van der Waals surface area contributed by atoms with E-state index in [4.69, 9.17) is 0 Å². The highest BCUT2D eigenvalue weighted by Gasteiger charge is 2.20. The van der Waals surface area contributed by atoms with Gasteiger partial charge in [0, 0.05) is 17.4 Å². The molecular formula is C13H16BrNO. The minimum absolute atomic E-state index is 0.185. The molecule has 1 N–H and O–H groups in total. The number of amides is 1. The predicted octanol–water partition coefficient (Wildman–Crippen LogP) is 3.26. The first-order valence-electron chi connectivity index (χ1n) is 5.75. The van der Waals surface area contributed by atoms with Crippen LogP contribution in [0.2, 0.25) is 0 Å². The monoisotopic (exact) mass is 281 g/mol. The third kappa shape index (κ3) is 3.34. The van der Waals surface area contributed by atoms with Crippen LogP contribution in [0.1, 0.15) is 31.2 Å². The van der Waals surface area contributed by atoms with Crippen LogP contribution in [0.4, 0.5) is 0 Å². The molecule has 0 radical (unpaired) electrons. The lowest BCUT2D eigenvalue weighted by Gasteiger charge is -2.24. The maximum Gasteiger partial charge on any atom is 0.220 e. The summed E-state index contributed by atoms with van der Waals surface area (Å²) in [5.41, 5.74) is 1.14. The molecule has 2 nitrogen and oxygen atoms in total. The summed E-state index contributed by atoms with van der Waals surface area (Å²) in [6, 6.07) is 8.02. The van der Waals surface area contributed by atoms with E-state index in [2.05, 4.69) is 21.2 Å². The van der Waals surface area contributed by atoms with E-state index in [0.29, 0.717) is 18.9 Å². The van der Waals surface area contributed by atoms with Gasteiger partial charge >= 0.3 is 0 Å². The quantitative estimate of drug-likeness (QED) is 0.902. The molecular weight excluding hydrogens is 266 g/mol. The second-order valence-electron chi connectivity index (χ2n) is 4.41. The number of hydrogen-bond donors (Lipinski definition) is 1. The molecule has 0 unspecified atom stereocenters. The normalized spacial score (nSPS) is 15.6. The van der Waals surface area contributed by atoms with Gasteiger partial charge in [0.1, 0.15) is 0 Å². The van der Waals surface area contributed by atoms with E-state index in [1.807, 2.05) is 24.3 Å². The summed E-state index contributed by atoms with van der Waals surface area (Å²) in [6.07, 6.45) is 4.45. The molecule has 0 aromatic heterocycles. The highest BCUT2D eigenvalue weighted by molar-refractivity contribution is 9.10. The maximum absolute atomic E-state index is 11.6. The summed E-state index contributed by atoms with van der Waals surface area (Å²) in [6.45, 7) is 0.630. The minimum atomic E-state index is 0.185. The van der Waals surface area contributed by atoms with Crippen LogP contribution in [0.15, 0.2) is 28.7 Å². The van der Waals surface area contributed by atoms with E-state index in [-0.39, 0.29) is 5.91 Å². The predicted molar refractivity (Wildman–Crippen MR) is 67.9 cm³/mol. The van der Waals surface area contributed by atoms with Crippen molar-refractivity contribution in [1.82, 2.24) is 5.32 Å². The number of hydrogen-bond acceptors (Lipinski definition) is 1. The molecule has 1 aromatic carbocycles. The average Bonchev–Trinajstić information content (AvgIpc) is 2.21. The van der Waals surface area contributed by atoms with E-state index in [0.717, 1.165) is 10.0 Å². The van der Waals surface area contributed by atoms with Gasteiger partial charge in [0.25, 0.3) is 0 Å². The van der Waals surface area contributed by atoms with E-state index in [9.17, 15) is 4.79 Å². The fourth-order valence-corrected chi connectivity index (χ4v) is 2.33. The van der Waals surface area contributed by atoms with E-state index in [1.54, 1.807) is 0 Å². The summed E-state index contributed by atoms with van der Waals surface area (Å²) in [7, 11) is 0. The Labute approximate surface area is 105 Å². The molecule has 2 rings (SSSR count). The Hall–Kier alpha value is -0.830.